The largest absolute Gasteiger partial charge is 0.507 e. The molecule has 1 fully saturated rings. The number of nitrogens with two attached hydrogens (primary N) is 1. The van der Waals surface area contributed by atoms with E-state index >= 15 is 0 Å². The van der Waals surface area contributed by atoms with Crippen LogP contribution in [0, 0.1) is 0 Å². The van der Waals surface area contributed by atoms with Crippen LogP contribution >= 0.6 is 0 Å². The standard InChI is InChI=1S/C18H23BN2O4/c1-17(2)18(3,4)25-19(24-17)13(11-20)9-12-5-6-15(22)14(10-12)16-7-8-21-23-16/h5-10,22H,11,20H2,1-4H3. The Balaban J connectivity index is 1.92. The van der Waals surface area contributed by atoms with Gasteiger partial charge in [0.05, 0.1) is 23.0 Å². The van der Waals surface area contributed by atoms with Gasteiger partial charge in [0.2, 0.25) is 0 Å². The lowest BCUT2D eigenvalue weighted by molar-refractivity contribution is 0.00578. The quantitative estimate of drug-likeness (QED) is 0.830. The summed E-state index contributed by atoms with van der Waals surface area (Å²) in [4.78, 5) is 0. The van der Waals surface area contributed by atoms with E-state index in [-0.39, 0.29) is 5.75 Å². The predicted molar refractivity (Wildman–Crippen MR) is 96.7 cm³/mol. The van der Waals surface area contributed by atoms with Gasteiger partial charge >= 0.3 is 7.12 Å². The number of aromatic nitrogens is 1. The van der Waals surface area contributed by atoms with Crippen LogP contribution in [0.4, 0.5) is 0 Å². The molecule has 0 amide bonds. The molecule has 132 valence electrons. The average Bonchev–Trinajstić information content (AvgIpc) is 3.13. The van der Waals surface area contributed by atoms with Crippen molar-refractivity contribution in [1.29, 1.82) is 0 Å². The number of phenols is 1. The predicted octanol–water partition coefficient (Wildman–Crippen LogP) is 3.02. The summed E-state index contributed by atoms with van der Waals surface area (Å²) in [5.41, 5.74) is 7.34. The number of hydrogen-bond acceptors (Lipinski definition) is 6. The zero-order chi connectivity index (χ0) is 18.2. The summed E-state index contributed by atoms with van der Waals surface area (Å²) in [5.74, 6) is 0.622. The highest BCUT2D eigenvalue weighted by atomic mass is 16.7. The van der Waals surface area contributed by atoms with E-state index in [0.29, 0.717) is 17.9 Å². The summed E-state index contributed by atoms with van der Waals surface area (Å²) in [6.45, 7) is 8.32. The highest BCUT2D eigenvalue weighted by molar-refractivity contribution is 6.55. The number of phenolic OH excluding ortho intramolecular Hbond substituents is 1. The minimum atomic E-state index is -0.502. The Hall–Kier alpha value is -2.09. The van der Waals surface area contributed by atoms with Crippen molar-refractivity contribution in [3.8, 4) is 17.1 Å². The number of rotatable bonds is 4. The highest BCUT2D eigenvalue weighted by Crippen LogP contribution is 2.39. The van der Waals surface area contributed by atoms with Gasteiger partial charge in [0.15, 0.2) is 5.76 Å². The Labute approximate surface area is 147 Å². The van der Waals surface area contributed by atoms with Crippen molar-refractivity contribution < 1.29 is 18.9 Å². The summed E-state index contributed by atoms with van der Waals surface area (Å²) in [6.07, 6.45) is 3.45. The van der Waals surface area contributed by atoms with E-state index in [0.717, 1.165) is 11.0 Å². The molecule has 7 heteroatoms. The van der Waals surface area contributed by atoms with Crippen LogP contribution in [0.3, 0.4) is 0 Å². The highest BCUT2D eigenvalue weighted by Gasteiger charge is 2.52. The van der Waals surface area contributed by atoms with Crippen LogP contribution in [0.25, 0.3) is 17.4 Å². The molecule has 2 aromatic rings. The number of benzene rings is 1. The molecule has 0 spiro atoms. The maximum atomic E-state index is 10.1. The third-order valence-corrected chi connectivity index (χ3v) is 4.87. The summed E-state index contributed by atoms with van der Waals surface area (Å²) in [5, 5.41) is 13.7. The van der Waals surface area contributed by atoms with Gasteiger partial charge in [0.25, 0.3) is 0 Å². The van der Waals surface area contributed by atoms with Crippen LogP contribution in [0.2, 0.25) is 0 Å². The lowest BCUT2D eigenvalue weighted by atomic mass is 9.77. The molecule has 3 N–H and O–H groups in total. The Morgan fingerprint density at radius 3 is 2.44 bits per heavy atom. The second-order valence-corrected chi connectivity index (χ2v) is 7.16. The molecule has 25 heavy (non-hydrogen) atoms. The third kappa shape index (κ3) is 3.35. The molecule has 3 rings (SSSR count). The molecule has 0 bridgehead atoms. The van der Waals surface area contributed by atoms with Gasteiger partial charge in [-0.3, -0.25) is 0 Å². The van der Waals surface area contributed by atoms with Gasteiger partial charge in [0.1, 0.15) is 5.75 Å². The minimum absolute atomic E-state index is 0.124. The molecule has 0 unspecified atom stereocenters. The Morgan fingerprint density at radius 1 is 1.20 bits per heavy atom. The van der Waals surface area contributed by atoms with Crippen molar-refractivity contribution >= 4 is 13.2 Å². The molecule has 1 saturated heterocycles. The van der Waals surface area contributed by atoms with Gasteiger partial charge in [-0.1, -0.05) is 17.3 Å². The second-order valence-electron chi connectivity index (χ2n) is 7.16. The van der Waals surface area contributed by atoms with E-state index in [1.54, 1.807) is 18.2 Å². The molecule has 6 nitrogen and oxygen atoms in total. The van der Waals surface area contributed by atoms with Crippen LogP contribution in [-0.2, 0) is 9.31 Å². The third-order valence-electron chi connectivity index (χ3n) is 4.87. The second kappa shape index (κ2) is 6.33. The van der Waals surface area contributed by atoms with Gasteiger partial charge in [-0.2, -0.15) is 0 Å². The lowest BCUT2D eigenvalue weighted by Crippen LogP contribution is -2.41. The summed E-state index contributed by atoms with van der Waals surface area (Å²) in [7, 11) is -0.502. The van der Waals surface area contributed by atoms with Gasteiger partial charge < -0.3 is 24.7 Å². The van der Waals surface area contributed by atoms with Crippen molar-refractivity contribution in [2.45, 2.75) is 38.9 Å². The zero-order valence-electron chi connectivity index (χ0n) is 14.9. The topological polar surface area (TPSA) is 90.7 Å². The minimum Gasteiger partial charge on any atom is -0.507 e. The van der Waals surface area contributed by atoms with E-state index in [2.05, 4.69) is 5.16 Å². The maximum absolute atomic E-state index is 10.1. The zero-order valence-corrected chi connectivity index (χ0v) is 14.9. The molecule has 1 aliphatic rings. The number of hydrogen-bond donors (Lipinski definition) is 2. The fourth-order valence-corrected chi connectivity index (χ4v) is 2.63. The first-order valence-electron chi connectivity index (χ1n) is 8.24. The molecule has 0 aliphatic carbocycles. The SMILES string of the molecule is CC1(C)OB(C(=Cc2ccc(O)c(-c3ccno3)c2)CN)OC1(C)C. The van der Waals surface area contributed by atoms with Crippen LogP contribution in [0.5, 0.6) is 5.75 Å². The van der Waals surface area contributed by atoms with Gasteiger partial charge in [-0.25, -0.2) is 0 Å². The Morgan fingerprint density at radius 2 is 1.88 bits per heavy atom. The molecule has 0 saturated carbocycles. The fourth-order valence-electron chi connectivity index (χ4n) is 2.63. The monoisotopic (exact) mass is 342 g/mol. The van der Waals surface area contributed by atoms with E-state index in [9.17, 15) is 5.11 Å². The molecule has 0 atom stereocenters. The Kier molecular flexibility index (Phi) is 4.49. The van der Waals surface area contributed by atoms with Crippen molar-refractivity contribution in [2.75, 3.05) is 6.54 Å². The normalized spacial score (nSPS) is 19.4. The first-order valence-corrected chi connectivity index (χ1v) is 8.24. The Bertz CT molecular complexity index is 768. The lowest BCUT2D eigenvalue weighted by Gasteiger charge is -2.32. The van der Waals surface area contributed by atoms with Crippen molar-refractivity contribution in [3.63, 3.8) is 0 Å². The van der Waals surface area contributed by atoms with Crippen molar-refractivity contribution in [1.82, 2.24) is 5.16 Å². The summed E-state index contributed by atoms with van der Waals surface area (Å²) in [6, 6.07) is 6.93. The summed E-state index contributed by atoms with van der Waals surface area (Å²) >= 11 is 0. The van der Waals surface area contributed by atoms with Crippen LogP contribution < -0.4 is 5.73 Å². The first kappa shape index (κ1) is 17.7. The first-order chi connectivity index (χ1) is 11.7. The molecule has 2 heterocycles. The van der Waals surface area contributed by atoms with Gasteiger partial charge in [0, 0.05) is 12.6 Å². The van der Waals surface area contributed by atoms with Gasteiger partial charge in [-0.05, 0) is 50.9 Å². The van der Waals surface area contributed by atoms with Crippen molar-refractivity contribution in [3.05, 3.63) is 41.5 Å². The van der Waals surface area contributed by atoms with E-state index < -0.39 is 18.3 Å². The van der Waals surface area contributed by atoms with E-state index in [4.69, 9.17) is 19.6 Å². The summed E-state index contributed by atoms with van der Waals surface area (Å²) < 4.78 is 17.3. The molecule has 1 aliphatic heterocycles. The van der Waals surface area contributed by atoms with Crippen LogP contribution in [-0.4, -0.2) is 35.1 Å². The van der Waals surface area contributed by atoms with Crippen molar-refractivity contribution in [2.24, 2.45) is 5.73 Å². The van der Waals surface area contributed by atoms with Crippen LogP contribution in [0.15, 0.2) is 40.5 Å². The molecule has 1 aromatic heterocycles. The fraction of sp³-hybridized carbons (Fsp3) is 0.389. The molecule has 0 radical (unpaired) electrons. The number of aromatic hydroxyl groups is 1. The number of nitrogens with zero attached hydrogens (tertiary/aromatic N) is 1. The van der Waals surface area contributed by atoms with Gasteiger partial charge in [-0.15, -0.1) is 0 Å². The molecular formula is C18H23BN2O4. The smallest absolute Gasteiger partial charge is 0.491 e. The molecular weight excluding hydrogens is 319 g/mol. The maximum Gasteiger partial charge on any atom is 0.491 e. The average molecular weight is 342 g/mol. The van der Waals surface area contributed by atoms with Crippen LogP contribution in [0.1, 0.15) is 33.3 Å². The van der Waals surface area contributed by atoms with E-state index in [1.807, 2.05) is 39.8 Å². The van der Waals surface area contributed by atoms with E-state index in [1.165, 1.54) is 6.20 Å². The molecule has 1 aromatic carbocycles.